The third kappa shape index (κ3) is 5.21. The molecule has 0 heterocycles. The summed E-state index contributed by atoms with van der Waals surface area (Å²) in [5, 5.41) is 23.0. The van der Waals surface area contributed by atoms with E-state index in [1.165, 1.54) is 0 Å². The van der Waals surface area contributed by atoms with Gasteiger partial charge in [-0.1, -0.05) is 55.5 Å². The van der Waals surface area contributed by atoms with Gasteiger partial charge in [0.2, 0.25) is 5.91 Å². The van der Waals surface area contributed by atoms with Gasteiger partial charge in [-0.3, -0.25) is 4.79 Å². The number of fused-ring (bicyclic) bond motifs is 3. The number of aliphatic carboxylic acids is 1. The number of amides is 2. The van der Waals surface area contributed by atoms with E-state index >= 15 is 0 Å². The van der Waals surface area contributed by atoms with E-state index in [2.05, 4.69) is 10.6 Å². The third-order valence-electron chi connectivity index (χ3n) is 5.36. The van der Waals surface area contributed by atoms with Gasteiger partial charge in [-0.05, 0) is 28.7 Å². The van der Waals surface area contributed by atoms with E-state index in [4.69, 9.17) is 9.84 Å². The summed E-state index contributed by atoms with van der Waals surface area (Å²) in [6.07, 6.45) is -2.04. The summed E-state index contributed by atoms with van der Waals surface area (Å²) in [4.78, 5) is 35.2. The predicted octanol–water partition coefficient (Wildman–Crippen LogP) is 2.26. The first-order chi connectivity index (χ1) is 14.9. The summed E-state index contributed by atoms with van der Waals surface area (Å²) in [6.45, 7) is 1.86. The molecule has 2 atom stereocenters. The van der Waals surface area contributed by atoms with Crippen LogP contribution >= 0.6 is 0 Å². The number of hydrogen-bond donors (Lipinski definition) is 4. The smallest absolute Gasteiger partial charge is 0.407 e. The number of carbonyl (C=O) groups excluding carboxylic acids is 2. The van der Waals surface area contributed by atoms with Gasteiger partial charge in [-0.25, -0.2) is 9.59 Å². The highest BCUT2D eigenvalue weighted by atomic mass is 16.5. The molecule has 8 heteroatoms. The molecule has 0 spiro atoms. The number of aliphatic hydroxyl groups is 1. The van der Waals surface area contributed by atoms with Gasteiger partial charge in [0.15, 0.2) is 6.10 Å². The molecule has 0 fully saturated rings. The van der Waals surface area contributed by atoms with Crippen molar-refractivity contribution < 1.29 is 29.3 Å². The molecule has 3 rings (SSSR count). The van der Waals surface area contributed by atoms with Crippen LogP contribution in [0.5, 0.6) is 0 Å². The molecule has 1 aliphatic rings. The van der Waals surface area contributed by atoms with E-state index < -0.39 is 30.1 Å². The van der Waals surface area contributed by atoms with E-state index in [1.807, 2.05) is 48.5 Å². The van der Waals surface area contributed by atoms with Crippen LogP contribution < -0.4 is 10.6 Å². The Kier molecular flexibility index (Phi) is 7.25. The molecule has 0 radical (unpaired) electrons. The number of aliphatic hydroxyl groups excluding tert-OH is 1. The Bertz CT molecular complexity index is 915. The molecule has 2 aromatic carbocycles. The molecule has 4 N–H and O–H groups in total. The van der Waals surface area contributed by atoms with E-state index in [-0.39, 0.29) is 25.5 Å². The number of carboxylic acids is 1. The van der Waals surface area contributed by atoms with Crippen molar-refractivity contribution in [3.05, 3.63) is 59.7 Å². The Balaban J connectivity index is 1.54. The lowest BCUT2D eigenvalue weighted by Crippen LogP contribution is -2.47. The first kappa shape index (κ1) is 22.3. The second-order valence-electron chi connectivity index (χ2n) is 7.36. The number of ether oxygens (including phenoxy) is 1. The van der Waals surface area contributed by atoms with E-state index in [1.54, 1.807) is 6.92 Å². The fourth-order valence-corrected chi connectivity index (χ4v) is 3.71. The van der Waals surface area contributed by atoms with E-state index in [0.717, 1.165) is 22.3 Å². The normalized spacial score (nSPS) is 14.1. The minimum atomic E-state index is -1.55. The highest BCUT2D eigenvalue weighted by molar-refractivity contribution is 5.85. The van der Waals surface area contributed by atoms with Crippen molar-refractivity contribution in [2.75, 3.05) is 13.2 Å². The minimum Gasteiger partial charge on any atom is -0.479 e. The third-order valence-corrected chi connectivity index (χ3v) is 5.36. The summed E-state index contributed by atoms with van der Waals surface area (Å²) < 4.78 is 5.45. The molecule has 0 aliphatic heterocycles. The maximum absolute atomic E-state index is 12.3. The first-order valence-corrected chi connectivity index (χ1v) is 10.2. The highest BCUT2D eigenvalue weighted by Crippen LogP contribution is 2.44. The predicted molar refractivity (Wildman–Crippen MR) is 114 cm³/mol. The second-order valence-corrected chi connectivity index (χ2v) is 7.36. The number of hydrogen-bond acceptors (Lipinski definition) is 5. The Hall–Kier alpha value is -3.39. The van der Waals surface area contributed by atoms with Crippen LogP contribution in [0.4, 0.5) is 4.79 Å². The standard InChI is InChI=1S/C23H26N2O6/c1-2-19(21(27)24-12-11-20(26)22(28)29)25-23(30)31-13-18-16-9-5-3-7-14(16)15-8-4-6-10-17(15)18/h3-10,18-20,26H,2,11-13H2,1H3,(H,24,27)(H,25,30)(H,28,29)/t19?,20-/m0/s1. The molecule has 1 aliphatic carbocycles. The SMILES string of the molecule is CCC(NC(=O)OCC1c2ccccc2-c2ccccc21)C(=O)NCC[C@H](O)C(=O)O. The fourth-order valence-electron chi connectivity index (χ4n) is 3.71. The number of alkyl carbamates (subject to hydrolysis) is 1. The van der Waals surface area contributed by atoms with E-state index in [0.29, 0.717) is 6.42 Å². The topological polar surface area (TPSA) is 125 Å². The molecule has 0 bridgehead atoms. The van der Waals surface area contributed by atoms with Crippen molar-refractivity contribution in [1.29, 1.82) is 0 Å². The zero-order valence-electron chi connectivity index (χ0n) is 17.2. The maximum atomic E-state index is 12.3. The summed E-state index contributed by atoms with van der Waals surface area (Å²) in [7, 11) is 0. The van der Waals surface area contributed by atoms with Gasteiger partial charge in [0.05, 0.1) is 0 Å². The average molecular weight is 426 g/mol. The monoisotopic (exact) mass is 426 g/mol. The molecule has 0 aromatic heterocycles. The van der Waals surface area contributed by atoms with Crippen molar-refractivity contribution in [2.24, 2.45) is 0 Å². The number of rotatable bonds is 9. The first-order valence-electron chi connectivity index (χ1n) is 10.2. The number of nitrogens with one attached hydrogen (secondary N) is 2. The zero-order chi connectivity index (χ0) is 22.4. The van der Waals surface area contributed by atoms with Crippen molar-refractivity contribution >= 4 is 18.0 Å². The molecular formula is C23H26N2O6. The molecule has 0 saturated carbocycles. The van der Waals surface area contributed by atoms with Crippen LogP contribution in [-0.4, -0.2) is 53.5 Å². The molecule has 1 unspecified atom stereocenters. The van der Waals surface area contributed by atoms with Crippen LogP contribution in [-0.2, 0) is 14.3 Å². The van der Waals surface area contributed by atoms with Gasteiger partial charge in [-0.2, -0.15) is 0 Å². The fraction of sp³-hybridized carbons (Fsp3) is 0.348. The van der Waals surface area contributed by atoms with Crippen LogP contribution in [0.15, 0.2) is 48.5 Å². The van der Waals surface area contributed by atoms with Gasteiger partial charge in [0.25, 0.3) is 0 Å². The molecule has 8 nitrogen and oxygen atoms in total. The van der Waals surface area contributed by atoms with Gasteiger partial charge in [0, 0.05) is 18.9 Å². The van der Waals surface area contributed by atoms with Crippen LogP contribution in [0.2, 0.25) is 0 Å². The Labute approximate surface area is 180 Å². The second kappa shape index (κ2) is 10.1. The molecule has 164 valence electrons. The van der Waals surface area contributed by atoms with Crippen LogP contribution in [0.1, 0.15) is 36.8 Å². The highest BCUT2D eigenvalue weighted by Gasteiger charge is 2.29. The molecule has 31 heavy (non-hydrogen) atoms. The Morgan fingerprint density at radius 1 is 1.03 bits per heavy atom. The largest absolute Gasteiger partial charge is 0.479 e. The molecule has 0 saturated heterocycles. The van der Waals surface area contributed by atoms with Crippen LogP contribution in [0, 0.1) is 0 Å². The van der Waals surface area contributed by atoms with Gasteiger partial charge < -0.3 is 25.6 Å². The lowest BCUT2D eigenvalue weighted by molar-refractivity contribution is -0.147. The summed E-state index contributed by atoms with van der Waals surface area (Å²) in [5.74, 6) is -1.89. The zero-order valence-corrected chi connectivity index (χ0v) is 17.2. The summed E-state index contributed by atoms with van der Waals surface area (Å²) in [5.41, 5.74) is 4.44. The van der Waals surface area contributed by atoms with Gasteiger partial charge in [0.1, 0.15) is 12.6 Å². The van der Waals surface area contributed by atoms with Crippen molar-refractivity contribution in [3.63, 3.8) is 0 Å². The minimum absolute atomic E-state index is 0.0187. The van der Waals surface area contributed by atoms with Crippen molar-refractivity contribution in [3.8, 4) is 11.1 Å². The molecule has 2 amide bonds. The molecule has 2 aromatic rings. The molecular weight excluding hydrogens is 400 g/mol. The maximum Gasteiger partial charge on any atom is 0.407 e. The average Bonchev–Trinajstić information content (AvgIpc) is 3.09. The van der Waals surface area contributed by atoms with Crippen molar-refractivity contribution in [1.82, 2.24) is 10.6 Å². The quantitative estimate of drug-likeness (QED) is 0.487. The number of carbonyl (C=O) groups is 3. The van der Waals surface area contributed by atoms with Crippen LogP contribution in [0.3, 0.4) is 0 Å². The van der Waals surface area contributed by atoms with E-state index in [9.17, 15) is 19.5 Å². The number of benzene rings is 2. The summed E-state index contributed by atoms with van der Waals surface area (Å²) in [6, 6.07) is 15.2. The Morgan fingerprint density at radius 2 is 1.61 bits per heavy atom. The van der Waals surface area contributed by atoms with Crippen molar-refractivity contribution in [2.45, 2.75) is 37.8 Å². The van der Waals surface area contributed by atoms with Gasteiger partial charge in [-0.15, -0.1) is 0 Å². The number of carboxylic acid groups (broad SMARTS) is 1. The van der Waals surface area contributed by atoms with Crippen LogP contribution in [0.25, 0.3) is 11.1 Å². The Morgan fingerprint density at radius 3 is 2.16 bits per heavy atom. The lowest BCUT2D eigenvalue weighted by Gasteiger charge is -2.19. The lowest BCUT2D eigenvalue weighted by atomic mass is 9.98. The summed E-state index contributed by atoms with van der Waals surface area (Å²) >= 11 is 0. The van der Waals surface area contributed by atoms with Gasteiger partial charge >= 0.3 is 12.1 Å².